The third kappa shape index (κ3) is 2.17. The van der Waals surface area contributed by atoms with Gasteiger partial charge in [-0.15, -0.1) is 0 Å². The molecule has 0 radical (unpaired) electrons. The van der Waals surface area contributed by atoms with Crippen molar-refractivity contribution in [1.29, 1.82) is 0 Å². The van der Waals surface area contributed by atoms with Gasteiger partial charge in [-0.05, 0) is 30.3 Å². The first-order valence-electron chi connectivity index (χ1n) is 6.18. The first-order valence-corrected chi connectivity index (χ1v) is 6.18. The van der Waals surface area contributed by atoms with E-state index in [0.29, 0.717) is 5.88 Å². The van der Waals surface area contributed by atoms with Crippen molar-refractivity contribution in [3.05, 3.63) is 42.2 Å². The molecular weight excluding hydrogens is 256 g/mol. The van der Waals surface area contributed by atoms with Crippen LogP contribution in [-0.4, -0.2) is 12.2 Å². The molecule has 1 aliphatic rings. The van der Waals surface area contributed by atoms with Crippen molar-refractivity contribution < 1.29 is 9.21 Å². The molecule has 20 heavy (non-hydrogen) atoms. The minimum atomic E-state index is -0.340. The standard InChI is InChI=1S/C14H14N4O2/c1-9(19)17-10-2-4-11(5-3-10)18-8-16-14-12(13(18)15)6-7-20-14/h2-8,13H,15H2,1H3,(H,17,19). The largest absolute Gasteiger partial charge is 0.446 e. The lowest BCUT2D eigenvalue weighted by atomic mass is 10.2. The molecule has 102 valence electrons. The van der Waals surface area contributed by atoms with Crippen molar-refractivity contribution in [2.75, 3.05) is 10.2 Å². The Kier molecular flexibility index (Phi) is 3.00. The lowest BCUT2D eigenvalue weighted by Gasteiger charge is -2.28. The van der Waals surface area contributed by atoms with Gasteiger partial charge in [-0.25, -0.2) is 4.99 Å². The zero-order chi connectivity index (χ0) is 14.1. The highest BCUT2D eigenvalue weighted by molar-refractivity contribution is 5.89. The summed E-state index contributed by atoms with van der Waals surface area (Å²) in [4.78, 5) is 17.0. The van der Waals surface area contributed by atoms with Gasteiger partial charge >= 0.3 is 0 Å². The molecule has 2 aromatic rings. The third-order valence-electron chi connectivity index (χ3n) is 3.08. The summed E-state index contributed by atoms with van der Waals surface area (Å²) in [5.74, 6) is 0.445. The van der Waals surface area contributed by atoms with Crippen LogP contribution in [0.3, 0.4) is 0 Å². The molecule has 1 amide bonds. The fraction of sp³-hybridized carbons (Fsp3) is 0.143. The summed E-state index contributed by atoms with van der Waals surface area (Å²) < 4.78 is 5.22. The van der Waals surface area contributed by atoms with Crippen LogP contribution in [0.1, 0.15) is 18.7 Å². The Morgan fingerprint density at radius 2 is 2.10 bits per heavy atom. The quantitative estimate of drug-likeness (QED) is 0.877. The molecule has 1 aromatic carbocycles. The Hall–Kier alpha value is -2.60. The molecule has 3 N–H and O–H groups in total. The molecule has 0 spiro atoms. The van der Waals surface area contributed by atoms with Crippen molar-refractivity contribution in [2.24, 2.45) is 10.7 Å². The topological polar surface area (TPSA) is 83.9 Å². The van der Waals surface area contributed by atoms with E-state index in [9.17, 15) is 4.79 Å². The molecule has 1 atom stereocenters. The Morgan fingerprint density at radius 1 is 1.35 bits per heavy atom. The summed E-state index contributed by atoms with van der Waals surface area (Å²) in [5.41, 5.74) is 8.67. The van der Waals surface area contributed by atoms with Gasteiger partial charge in [0.05, 0.1) is 11.8 Å². The molecule has 0 fully saturated rings. The second kappa shape index (κ2) is 4.82. The van der Waals surface area contributed by atoms with Gasteiger partial charge in [-0.1, -0.05) is 0 Å². The highest BCUT2D eigenvalue weighted by atomic mass is 16.3. The van der Waals surface area contributed by atoms with Crippen molar-refractivity contribution in [1.82, 2.24) is 0 Å². The number of nitrogens with one attached hydrogen (secondary N) is 1. The van der Waals surface area contributed by atoms with Crippen LogP contribution in [0.4, 0.5) is 17.3 Å². The van der Waals surface area contributed by atoms with Crippen molar-refractivity contribution in [2.45, 2.75) is 13.1 Å². The van der Waals surface area contributed by atoms with E-state index in [4.69, 9.17) is 10.2 Å². The zero-order valence-electron chi connectivity index (χ0n) is 10.9. The van der Waals surface area contributed by atoms with E-state index in [0.717, 1.165) is 16.9 Å². The first kappa shape index (κ1) is 12.4. The predicted octanol–water partition coefficient (Wildman–Crippen LogP) is 2.38. The fourth-order valence-electron chi connectivity index (χ4n) is 2.12. The lowest BCUT2D eigenvalue weighted by Crippen LogP contribution is -2.35. The molecule has 6 heteroatoms. The number of benzene rings is 1. The molecule has 0 saturated heterocycles. The number of furan rings is 1. The molecule has 2 heterocycles. The number of aliphatic imine (C=N–C) groups is 1. The van der Waals surface area contributed by atoms with Crippen LogP contribution in [0.25, 0.3) is 0 Å². The highest BCUT2D eigenvalue weighted by Crippen LogP contribution is 2.33. The van der Waals surface area contributed by atoms with Gasteiger partial charge in [0.1, 0.15) is 12.5 Å². The number of carbonyl (C=O) groups excluding carboxylic acids is 1. The first-order chi connectivity index (χ1) is 9.65. The average molecular weight is 270 g/mol. The van der Waals surface area contributed by atoms with E-state index in [2.05, 4.69) is 10.3 Å². The minimum Gasteiger partial charge on any atom is -0.446 e. The summed E-state index contributed by atoms with van der Waals surface area (Å²) in [6.07, 6.45) is 2.88. The number of rotatable bonds is 2. The number of anilines is 2. The zero-order valence-corrected chi connectivity index (χ0v) is 10.9. The van der Waals surface area contributed by atoms with Crippen LogP contribution < -0.4 is 16.0 Å². The van der Waals surface area contributed by atoms with Gasteiger partial charge in [0.15, 0.2) is 0 Å². The van der Waals surface area contributed by atoms with E-state index in [1.807, 2.05) is 35.2 Å². The molecule has 3 rings (SSSR count). The Morgan fingerprint density at radius 3 is 2.80 bits per heavy atom. The monoisotopic (exact) mass is 270 g/mol. The van der Waals surface area contributed by atoms with Crippen LogP contribution in [0.15, 0.2) is 46.0 Å². The summed E-state index contributed by atoms with van der Waals surface area (Å²) in [6, 6.07) is 9.21. The number of hydrogen-bond acceptors (Lipinski definition) is 5. The number of nitrogens with zero attached hydrogens (tertiary/aromatic N) is 2. The average Bonchev–Trinajstić information content (AvgIpc) is 2.89. The molecule has 1 unspecified atom stereocenters. The van der Waals surface area contributed by atoms with Crippen molar-refractivity contribution >= 4 is 29.5 Å². The van der Waals surface area contributed by atoms with Crippen molar-refractivity contribution in [3.8, 4) is 0 Å². The van der Waals surface area contributed by atoms with Gasteiger partial charge in [0.2, 0.25) is 11.8 Å². The molecule has 0 saturated carbocycles. The van der Waals surface area contributed by atoms with Gasteiger partial charge in [0, 0.05) is 18.3 Å². The second-order valence-electron chi connectivity index (χ2n) is 4.51. The molecule has 6 nitrogen and oxygen atoms in total. The number of hydrogen-bond donors (Lipinski definition) is 2. The normalized spacial score (nSPS) is 16.9. The lowest BCUT2D eigenvalue weighted by molar-refractivity contribution is -0.114. The van der Waals surface area contributed by atoms with Gasteiger partial charge in [-0.3, -0.25) is 4.79 Å². The molecular formula is C14H14N4O2. The highest BCUT2D eigenvalue weighted by Gasteiger charge is 2.24. The summed E-state index contributed by atoms with van der Waals surface area (Å²) in [7, 11) is 0. The number of amides is 1. The molecule has 0 bridgehead atoms. The third-order valence-corrected chi connectivity index (χ3v) is 3.08. The van der Waals surface area contributed by atoms with Crippen LogP contribution in [0, 0.1) is 0 Å². The Bertz CT molecular complexity index is 660. The van der Waals surface area contributed by atoms with Crippen molar-refractivity contribution in [3.63, 3.8) is 0 Å². The van der Waals surface area contributed by atoms with E-state index in [1.54, 1.807) is 12.6 Å². The fourth-order valence-corrected chi connectivity index (χ4v) is 2.12. The summed E-state index contributed by atoms with van der Waals surface area (Å²) in [6.45, 7) is 1.47. The van der Waals surface area contributed by atoms with Crippen LogP contribution in [0.2, 0.25) is 0 Å². The van der Waals surface area contributed by atoms with E-state index in [-0.39, 0.29) is 12.1 Å². The van der Waals surface area contributed by atoms with E-state index >= 15 is 0 Å². The van der Waals surface area contributed by atoms with E-state index < -0.39 is 0 Å². The molecule has 1 aromatic heterocycles. The maximum Gasteiger partial charge on any atom is 0.226 e. The number of nitrogens with two attached hydrogens (primary N) is 1. The van der Waals surface area contributed by atoms with Gasteiger partial charge < -0.3 is 20.4 Å². The molecule has 0 aliphatic carbocycles. The number of carbonyl (C=O) groups is 1. The van der Waals surface area contributed by atoms with E-state index in [1.165, 1.54) is 6.92 Å². The SMILES string of the molecule is CC(=O)Nc1ccc(N2C=Nc3occc3C2N)cc1. The summed E-state index contributed by atoms with van der Waals surface area (Å²) >= 11 is 0. The van der Waals surface area contributed by atoms with Gasteiger partial charge in [-0.2, -0.15) is 0 Å². The summed E-state index contributed by atoms with van der Waals surface area (Å²) in [5, 5.41) is 2.72. The van der Waals surface area contributed by atoms with Gasteiger partial charge in [0.25, 0.3) is 0 Å². The van der Waals surface area contributed by atoms with Crippen LogP contribution in [0.5, 0.6) is 0 Å². The maximum atomic E-state index is 11.0. The van der Waals surface area contributed by atoms with Crippen LogP contribution in [-0.2, 0) is 4.79 Å². The van der Waals surface area contributed by atoms with Crippen LogP contribution >= 0.6 is 0 Å². The number of fused-ring (bicyclic) bond motifs is 1. The predicted molar refractivity (Wildman–Crippen MR) is 77.0 cm³/mol. The Balaban J connectivity index is 1.85. The smallest absolute Gasteiger partial charge is 0.226 e. The Labute approximate surface area is 115 Å². The molecule has 1 aliphatic heterocycles. The minimum absolute atomic E-state index is 0.1000. The second-order valence-corrected chi connectivity index (χ2v) is 4.51. The maximum absolute atomic E-state index is 11.0.